The van der Waals surface area contributed by atoms with Crippen LogP contribution in [0.25, 0.3) is 0 Å². The number of ether oxygens (including phenoxy) is 2. The van der Waals surface area contributed by atoms with Crippen molar-refractivity contribution in [2.45, 2.75) is 56.3 Å². The molecule has 2 aliphatic carbocycles. The van der Waals surface area contributed by atoms with Crippen LogP contribution in [-0.2, 0) is 14.3 Å². The number of rotatable bonds is 6. The summed E-state index contributed by atoms with van der Waals surface area (Å²) in [7, 11) is 0. The second-order valence-electron chi connectivity index (χ2n) is 6.98. The second kappa shape index (κ2) is 6.69. The van der Waals surface area contributed by atoms with Crippen LogP contribution in [0.1, 0.15) is 38.5 Å². The van der Waals surface area contributed by atoms with Gasteiger partial charge in [-0.3, -0.25) is 4.79 Å². The van der Waals surface area contributed by atoms with Crippen LogP contribution in [0, 0.1) is 5.92 Å². The lowest BCUT2D eigenvalue weighted by Crippen LogP contribution is -2.53. The van der Waals surface area contributed by atoms with Crippen molar-refractivity contribution in [2.75, 3.05) is 26.4 Å². The number of fused-ring (bicyclic) bond motifs is 1. The molecular formula is C17H27NO4. The first-order chi connectivity index (χ1) is 10.6. The third kappa shape index (κ3) is 3.36. The van der Waals surface area contributed by atoms with Crippen molar-refractivity contribution in [3.8, 4) is 0 Å². The van der Waals surface area contributed by atoms with E-state index in [9.17, 15) is 9.90 Å². The summed E-state index contributed by atoms with van der Waals surface area (Å²) in [4.78, 5) is 14.5. The number of carbonyl (C=O) groups excluding carboxylic acids is 1. The van der Waals surface area contributed by atoms with Crippen molar-refractivity contribution in [2.24, 2.45) is 5.92 Å². The first kappa shape index (κ1) is 16.0. The van der Waals surface area contributed by atoms with Crippen molar-refractivity contribution in [1.82, 2.24) is 4.90 Å². The van der Waals surface area contributed by atoms with Gasteiger partial charge in [0, 0.05) is 13.2 Å². The van der Waals surface area contributed by atoms with E-state index in [1.165, 1.54) is 0 Å². The molecule has 0 spiro atoms. The van der Waals surface area contributed by atoms with E-state index in [4.69, 9.17) is 9.47 Å². The Balaban J connectivity index is 1.56. The van der Waals surface area contributed by atoms with E-state index in [1.54, 1.807) is 6.08 Å². The van der Waals surface area contributed by atoms with Crippen LogP contribution in [0.15, 0.2) is 12.7 Å². The van der Waals surface area contributed by atoms with Crippen LogP contribution in [0.4, 0.5) is 0 Å². The number of amides is 1. The molecule has 124 valence electrons. The highest BCUT2D eigenvalue weighted by Gasteiger charge is 2.45. The predicted molar refractivity (Wildman–Crippen MR) is 82.4 cm³/mol. The minimum atomic E-state index is -0.740. The Labute approximate surface area is 132 Å². The number of aliphatic hydroxyl groups is 1. The van der Waals surface area contributed by atoms with Gasteiger partial charge in [-0.1, -0.05) is 6.08 Å². The first-order valence-electron chi connectivity index (χ1n) is 8.43. The van der Waals surface area contributed by atoms with Gasteiger partial charge in [-0.25, -0.2) is 0 Å². The molecule has 3 unspecified atom stereocenters. The molecule has 0 bridgehead atoms. The fourth-order valence-corrected chi connectivity index (χ4v) is 3.96. The number of nitrogens with zero attached hydrogens (tertiary/aromatic N) is 1. The molecule has 1 saturated heterocycles. The van der Waals surface area contributed by atoms with Gasteiger partial charge in [0.25, 0.3) is 0 Å². The average molecular weight is 309 g/mol. The van der Waals surface area contributed by atoms with Crippen LogP contribution in [0.5, 0.6) is 0 Å². The summed E-state index contributed by atoms with van der Waals surface area (Å²) in [6, 6.07) is 0.155. The predicted octanol–water partition coefficient (Wildman–Crippen LogP) is 1.50. The monoisotopic (exact) mass is 309 g/mol. The molecule has 3 aliphatic rings. The smallest absolute Gasteiger partial charge is 0.225 e. The molecule has 0 radical (unpaired) electrons. The van der Waals surface area contributed by atoms with Crippen molar-refractivity contribution in [1.29, 1.82) is 0 Å². The number of carbonyl (C=O) groups is 1. The highest BCUT2D eigenvalue weighted by molar-refractivity contribution is 5.78. The zero-order chi connectivity index (χ0) is 15.6. The van der Waals surface area contributed by atoms with E-state index < -0.39 is 5.60 Å². The largest absolute Gasteiger partial charge is 0.389 e. The standard InChI is InChI=1S/C17H27NO4/c1-2-7-21-12-13-9-14-15(10-13)22-8-6-18(14)16(19)11-17(20)4-3-5-17/h2,13-15,20H,1,3-12H2. The fourth-order valence-electron chi connectivity index (χ4n) is 3.96. The van der Waals surface area contributed by atoms with Crippen LogP contribution < -0.4 is 0 Å². The Bertz CT molecular complexity index is 421. The van der Waals surface area contributed by atoms with Gasteiger partial charge in [-0.2, -0.15) is 0 Å². The van der Waals surface area contributed by atoms with Crippen molar-refractivity contribution < 1.29 is 19.4 Å². The molecule has 0 aromatic rings. The molecule has 0 aromatic heterocycles. The Morgan fingerprint density at radius 2 is 2.27 bits per heavy atom. The molecule has 0 aromatic carbocycles. The van der Waals surface area contributed by atoms with Crippen molar-refractivity contribution in [3.63, 3.8) is 0 Å². The van der Waals surface area contributed by atoms with E-state index in [0.29, 0.717) is 32.3 Å². The summed E-state index contributed by atoms with van der Waals surface area (Å²) in [6.07, 6.45) is 6.60. The van der Waals surface area contributed by atoms with E-state index in [1.807, 2.05) is 4.90 Å². The molecule has 5 nitrogen and oxygen atoms in total. The molecule has 1 N–H and O–H groups in total. The van der Waals surface area contributed by atoms with Crippen molar-refractivity contribution >= 4 is 5.91 Å². The molecule has 3 atom stereocenters. The van der Waals surface area contributed by atoms with Gasteiger partial charge in [0.05, 0.1) is 37.4 Å². The van der Waals surface area contributed by atoms with Gasteiger partial charge in [-0.05, 0) is 38.0 Å². The van der Waals surface area contributed by atoms with Crippen LogP contribution >= 0.6 is 0 Å². The van der Waals surface area contributed by atoms with Gasteiger partial charge < -0.3 is 19.5 Å². The maximum Gasteiger partial charge on any atom is 0.225 e. The lowest BCUT2D eigenvalue weighted by molar-refractivity contribution is -0.152. The van der Waals surface area contributed by atoms with E-state index in [0.717, 1.165) is 32.1 Å². The highest BCUT2D eigenvalue weighted by Crippen LogP contribution is 2.38. The SMILES string of the molecule is C=CCOCC1CC2OCCN(C(=O)CC3(O)CCC3)C2C1. The molecule has 1 aliphatic heterocycles. The molecule has 3 rings (SSSR count). The minimum Gasteiger partial charge on any atom is -0.389 e. The molecule has 1 heterocycles. The normalized spacial score (nSPS) is 33.1. The Kier molecular flexibility index (Phi) is 4.85. The van der Waals surface area contributed by atoms with Gasteiger partial charge in [0.2, 0.25) is 5.91 Å². The highest BCUT2D eigenvalue weighted by atomic mass is 16.5. The number of hydrogen-bond acceptors (Lipinski definition) is 4. The summed E-state index contributed by atoms with van der Waals surface area (Å²) < 4.78 is 11.4. The average Bonchev–Trinajstić information content (AvgIpc) is 2.88. The molecule has 3 fully saturated rings. The summed E-state index contributed by atoms with van der Waals surface area (Å²) in [6.45, 7) is 6.18. The van der Waals surface area contributed by atoms with Crippen LogP contribution in [0.2, 0.25) is 0 Å². The van der Waals surface area contributed by atoms with E-state index in [2.05, 4.69) is 6.58 Å². The lowest BCUT2D eigenvalue weighted by Gasteiger charge is -2.41. The Hall–Kier alpha value is -0.910. The topological polar surface area (TPSA) is 59.0 Å². The number of hydrogen-bond donors (Lipinski definition) is 1. The van der Waals surface area contributed by atoms with E-state index >= 15 is 0 Å². The third-order valence-electron chi connectivity index (χ3n) is 5.31. The molecule has 1 amide bonds. The second-order valence-corrected chi connectivity index (χ2v) is 6.98. The minimum absolute atomic E-state index is 0.0909. The fraction of sp³-hybridized carbons (Fsp3) is 0.824. The lowest BCUT2D eigenvalue weighted by atomic mass is 9.77. The maximum absolute atomic E-state index is 12.6. The third-order valence-corrected chi connectivity index (χ3v) is 5.31. The Morgan fingerprint density at radius 1 is 1.45 bits per heavy atom. The summed E-state index contributed by atoms with van der Waals surface area (Å²) in [5, 5.41) is 10.2. The summed E-state index contributed by atoms with van der Waals surface area (Å²) in [5.41, 5.74) is -0.740. The van der Waals surface area contributed by atoms with Gasteiger partial charge >= 0.3 is 0 Å². The Morgan fingerprint density at radius 3 is 2.95 bits per heavy atom. The first-order valence-corrected chi connectivity index (χ1v) is 8.43. The molecule has 5 heteroatoms. The zero-order valence-corrected chi connectivity index (χ0v) is 13.2. The molecule has 2 saturated carbocycles. The van der Waals surface area contributed by atoms with Crippen LogP contribution in [-0.4, -0.2) is 60.0 Å². The maximum atomic E-state index is 12.6. The molecular weight excluding hydrogens is 282 g/mol. The summed E-state index contributed by atoms with van der Waals surface area (Å²) in [5.74, 6) is 0.531. The summed E-state index contributed by atoms with van der Waals surface area (Å²) >= 11 is 0. The van der Waals surface area contributed by atoms with Crippen LogP contribution in [0.3, 0.4) is 0 Å². The van der Waals surface area contributed by atoms with E-state index in [-0.39, 0.29) is 24.5 Å². The zero-order valence-electron chi connectivity index (χ0n) is 13.2. The quantitative estimate of drug-likeness (QED) is 0.597. The van der Waals surface area contributed by atoms with Gasteiger partial charge in [0.15, 0.2) is 0 Å². The molecule has 22 heavy (non-hydrogen) atoms. The van der Waals surface area contributed by atoms with Gasteiger partial charge in [-0.15, -0.1) is 6.58 Å². The van der Waals surface area contributed by atoms with Crippen molar-refractivity contribution in [3.05, 3.63) is 12.7 Å². The van der Waals surface area contributed by atoms with Gasteiger partial charge in [0.1, 0.15) is 0 Å². The number of morpholine rings is 1.